The Morgan fingerprint density at radius 2 is 2.05 bits per heavy atom. The lowest BCUT2D eigenvalue weighted by molar-refractivity contribution is 0.219. The smallest absolute Gasteiger partial charge is 0.318 e. The standard InChI is InChI=1S/C15H22N2O2/c1-6-17-8-12(16-15(17)18)14-9(2)7-13(19-5)10(3)11(14)4/h7,12H,6,8H2,1-5H3,(H,16,18). The molecule has 4 nitrogen and oxygen atoms in total. The molecular weight excluding hydrogens is 240 g/mol. The first-order valence-corrected chi connectivity index (χ1v) is 6.69. The molecule has 1 aliphatic rings. The molecule has 1 atom stereocenters. The molecule has 1 fully saturated rings. The predicted molar refractivity (Wildman–Crippen MR) is 75.7 cm³/mol. The zero-order valence-corrected chi connectivity index (χ0v) is 12.3. The summed E-state index contributed by atoms with van der Waals surface area (Å²) in [6.45, 7) is 9.72. The summed E-state index contributed by atoms with van der Waals surface area (Å²) in [5.74, 6) is 0.912. The maximum Gasteiger partial charge on any atom is 0.318 e. The second-order valence-corrected chi connectivity index (χ2v) is 5.10. The average molecular weight is 262 g/mol. The summed E-state index contributed by atoms with van der Waals surface area (Å²) in [4.78, 5) is 13.6. The van der Waals surface area contributed by atoms with Crippen LogP contribution in [0, 0.1) is 20.8 Å². The fourth-order valence-electron chi connectivity index (χ4n) is 2.84. The third-order valence-electron chi connectivity index (χ3n) is 4.05. The number of aryl methyl sites for hydroxylation is 1. The molecule has 1 aromatic rings. The Hall–Kier alpha value is -1.71. The van der Waals surface area contributed by atoms with E-state index in [0.717, 1.165) is 24.4 Å². The molecule has 19 heavy (non-hydrogen) atoms. The van der Waals surface area contributed by atoms with Gasteiger partial charge in [0.25, 0.3) is 0 Å². The number of urea groups is 1. The van der Waals surface area contributed by atoms with Crippen LogP contribution >= 0.6 is 0 Å². The third kappa shape index (κ3) is 2.27. The summed E-state index contributed by atoms with van der Waals surface area (Å²) < 4.78 is 5.39. The Morgan fingerprint density at radius 1 is 1.37 bits per heavy atom. The van der Waals surface area contributed by atoms with Crippen molar-refractivity contribution in [3.05, 3.63) is 28.3 Å². The van der Waals surface area contributed by atoms with Crippen LogP contribution in [0.15, 0.2) is 6.07 Å². The van der Waals surface area contributed by atoms with E-state index in [-0.39, 0.29) is 12.1 Å². The van der Waals surface area contributed by atoms with E-state index in [0.29, 0.717) is 0 Å². The van der Waals surface area contributed by atoms with Crippen LogP contribution in [0.5, 0.6) is 5.75 Å². The van der Waals surface area contributed by atoms with Crippen molar-refractivity contribution in [3.8, 4) is 5.75 Å². The summed E-state index contributed by atoms with van der Waals surface area (Å²) in [5.41, 5.74) is 4.75. The monoisotopic (exact) mass is 262 g/mol. The van der Waals surface area contributed by atoms with Gasteiger partial charge in [-0.25, -0.2) is 4.79 Å². The number of carbonyl (C=O) groups excluding carboxylic acids is 1. The van der Waals surface area contributed by atoms with Crippen molar-refractivity contribution in [1.82, 2.24) is 10.2 Å². The number of ether oxygens (including phenoxy) is 1. The topological polar surface area (TPSA) is 41.6 Å². The first kappa shape index (κ1) is 13.7. The molecule has 2 amide bonds. The van der Waals surface area contributed by atoms with E-state index in [1.165, 1.54) is 16.7 Å². The van der Waals surface area contributed by atoms with Crippen molar-refractivity contribution >= 4 is 6.03 Å². The number of nitrogens with one attached hydrogen (secondary N) is 1. The van der Waals surface area contributed by atoms with Crippen LogP contribution in [0.4, 0.5) is 4.79 Å². The molecule has 0 bridgehead atoms. The number of rotatable bonds is 3. The van der Waals surface area contributed by atoms with E-state index in [1.807, 2.05) is 11.8 Å². The van der Waals surface area contributed by atoms with E-state index >= 15 is 0 Å². The van der Waals surface area contributed by atoms with Gasteiger partial charge in [0.1, 0.15) is 5.75 Å². The maximum atomic E-state index is 11.8. The molecule has 1 N–H and O–H groups in total. The Bertz CT molecular complexity index is 511. The number of benzene rings is 1. The summed E-state index contributed by atoms with van der Waals surface area (Å²) in [5, 5.41) is 3.06. The molecule has 1 unspecified atom stereocenters. The SMILES string of the molecule is CCN1CC(c2c(C)cc(OC)c(C)c2C)NC1=O. The van der Waals surface area contributed by atoms with Gasteiger partial charge in [-0.2, -0.15) is 0 Å². The van der Waals surface area contributed by atoms with Gasteiger partial charge in [-0.3, -0.25) is 0 Å². The van der Waals surface area contributed by atoms with Crippen LogP contribution in [0.3, 0.4) is 0 Å². The Labute approximate surface area is 114 Å². The number of likely N-dealkylation sites (N-methyl/N-ethyl adjacent to an activating group) is 1. The molecule has 104 valence electrons. The van der Waals surface area contributed by atoms with Gasteiger partial charge in [0.2, 0.25) is 0 Å². The van der Waals surface area contributed by atoms with Crippen molar-refractivity contribution in [3.63, 3.8) is 0 Å². The minimum absolute atomic E-state index is 0.0276. The lowest BCUT2D eigenvalue weighted by Gasteiger charge is -2.20. The highest BCUT2D eigenvalue weighted by Crippen LogP contribution is 2.33. The largest absolute Gasteiger partial charge is 0.496 e. The fraction of sp³-hybridized carbons (Fsp3) is 0.533. The van der Waals surface area contributed by atoms with E-state index in [1.54, 1.807) is 7.11 Å². The first-order chi connectivity index (χ1) is 8.99. The zero-order valence-electron chi connectivity index (χ0n) is 12.3. The quantitative estimate of drug-likeness (QED) is 0.910. The van der Waals surface area contributed by atoms with Crippen LogP contribution in [-0.4, -0.2) is 31.1 Å². The summed E-state index contributed by atoms with van der Waals surface area (Å²) in [6.07, 6.45) is 0. The molecule has 4 heteroatoms. The van der Waals surface area contributed by atoms with Crippen molar-refractivity contribution in [1.29, 1.82) is 0 Å². The Balaban J connectivity index is 2.41. The minimum atomic E-state index is 0.0276. The van der Waals surface area contributed by atoms with Gasteiger partial charge in [0.05, 0.1) is 13.2 Å². The second kappa shape index (κ2) is 5.11. The lowest BCUT2D eigenvalue weighted by Crippen LogP contribution is -2.27. The molecule has 1 saturated heterocycles. The molecule has 2 rings (SSSR count). The number of nitrogens with zero attached hydrogens (tertiary/aromatic N) is 1. The molecule has 0 spiro atoms. The second-order valence-electron chi connectivity index (χ2n) is 5.10. The number of hydrogen-bond acceptors (Lipinski definition) is 2. The molecular formula is C15H22N2O2. The highest BCUT2D eigenvalue weighted by atomic mass is 16.5. The molecule has 0 radical (unpaired) electrons. The molecule has 1 aliphatic heterocycles. The van der Waals surface area contributed by atoms with Crippen LogP contribution < -0.4 is 10.1 Å². The van der Waals surface area contributed by atoms with Gasteiger partial charge in [0, 0.05) is 13.1 Å². The highest BCUT2D eigenvalue weighted by molar-refractivity contribution is 5.77. The van der Waals surface area contributed by atoms with Crippen molar-refractivity contribution < 1.29 is 9.53 Å². The van der Waals surface area contributed by atoms with Gasteiger partial charge in [-0.15, -0.1) is 0 Å². The van der Waals surface area contributed by atoms with E-state index < -0.39 is 0 Å². The van der Waals surface area contributed by atoms with Crippen molar-refractivity contribution in [2.24, 2.45) is 0 Å². The van der Waals surface area contributed by atoms with E-state index in [4.69, 9.17) is 4.74 Å². The van der Waals surface area contributed by atoms with Gasteiger partial charge < -0.3 is 15.0 Å². The Kier molecular flexibility index (Phi) is 3.69. The van der Waals surface area contributed by atoms with Crippen LogP contribution in [0.25, 0.3) is 0 Å². The minimum Gasteiger partial charge on any atom is -0.496 e. The predicted octanol–water partition coefficient (Wildman–Crippen LogP) is 2.71. The lowest BCUT2D eigenvalue weighted by atomic mass is 9.92. The highest BCUT2D eigenvalue weighted by Gasteiger charge is 2.31. The van der Waals surface area contributed by atoms with Crippen LogP contribution in [0.2, 0.25) is 0 Å². The summed E-state index contributed by atoms with van der Waals surface area (Å²) in [6, 6.07) is 2.16. The van der Waals surface area contributed by atoms with Gasteiger partial charge >= 0.3 is 6.03 Å². The molecule has 0 aliphatic carbocycles. The van der Waals surface area contributed by atoms with Gasteiger partial charge in [-0.05, 0) is 56.0 Å². The molecule has 0 aromatic heterocycles. The van der Waals surface area contributed by atoms with Gasteiger partial charge in [-0.1, -0.05) is 0 Å². The van der Waals surface area contributed by atoms with Crippen LogP contribution in [0.1, 0.15) is 35.2 Å². The zero-order chi connectivity index (χ0) is 14.2. The van der Waals surface area contributed by atoms with E-state index in [9.17, 15) is 4.79 Å². The van der Waals surface area contributed by atoms with Crippen LogP contribution in [-0.2, 0) is 0 Å². The van der Waals surface area contributed by atoms with Crippen molar-refractivity contribution in [2.75, 3.05) is 20.2 Å². The normalized spacial score (nSPS) is 18.7. The Morgan fingerprint density at radius 3 is 2.58 bits per heavy atom. The molecule has 0 saturated carbocycles. The first-order valence-electron chi connectivity index (χ1n) is 6.69. The number of methoxy groups -OCH3 is 1. The number of carbonyl (C=O) groups is 1. The number of hydrogen-bond donors (Lipinski definition) is 1. The van der Waals surface area contributed by atoms with Gasteiger partial charge in [0.15, 0.2) is 0 Å². The van der Waals surface area contributed by atoms with Crippen molar-refractivity contribution in [2.45, 2.75) is 33.7 Å². The molecule has 1 heterocycles. The number of amides is 2. The average Bonchev–Trinajstić information content (AvgIpc) is 2.75. The fourth-order valence-corrected chi connectivity index (χ4v) is 2.84. The summed E-state index contributed by atoms with van der Waals surface area (Å²) in [7, 11) is 1.69. The van der Waals surface area contributed by atoms with E-state index in [2.05, 4.69) is 32.2 Å². The third-order valence-corrected chi connectivity index (χ3v) is 4.05. The maximum absolute atomic E-state index is 11.8. The molecule has 1 aromatic carbocycles. The summed E-state index contributed by atoms with van der Waals surface area (Å²) >= 11 is 0.